The van der Waals surface area contributed by atoms with Gasteiger partial charge >= 0.3 is 0 Å². The number of nitrogen functional groups attached to an aromatic ring is 1. The average Bonchev–Trinajstić information content (AvgIpc) is 2.63. The Balaban J connectivity index is 3.03. The topological polar surface area (TPSA) is 83.6 Å². The maximum absolute atomic E-state index is 11.9. The largest absolute Gasteiger partial charge is 0.398 e. The van der Waals surface area contributed by atoms with Crippen molar-refractivity contribution in [3.8, 4) is 0 Å². The molecule has 0 fully saturated rings. The van der Waals surface area contributed by atoms with E-state index >= 15 is 0 Å². The number of rotatable bonds is 4. The van der Waals surface area contributed by atoms with Gasteiger partial charge in [-0.15, -0.1) is 11.3 Å². The number of hydrogen-bond donors (Lipinski definition) is 2. The summed E-state index contributed by atoms with van der Waals surface area (Å²) in [5.41, 5.74) is 5.90. The van der Waals surface area contributed by atoms with Crippen LogP contribution in [0.15, 0.2) is 15.7 Å². The normalized spacial score (nSPS) is 14.4. The van der Waals surface area contributed by atoms with Crippen molar-refractivity contribution in [3.05, 3.63) is 11.4 Å². The molecule has 1 unspecified atom stereocenters. The van der Waals surface area contributed by atoms with Crippen LogP contribution >= 0.6 is 11.3 Å². The molecule has 15 heavy (non-hydrogen) atoms. The lowest BCUT2D eigenvalue weighted by Crippen LogP contribution is -2.36. The summed E-state index contributed by atoms with van der Waals surface area (Å²) in [4.78, 5) is 0. The molecule has 0 aliphatic heterocycles. The summed E-state index contributed by atoms with van der Waals surface area (Å²) in [6, 6.07) is 0.971. The van der Waals surface area contributed by atoms with Gasteiger partial charge in [0.05, 0.1) is 6.61 Å². The summed E-state index contributed by atoms with van der Waals surface area (Å²) in [5.74, 6) is 0. The van der Waals surface area contributed by atoms with Gasteiger partial charge in [-0.2, -0.15) is 4.31 Å². The van der Waals surface area contributed by atoms with Crippen LogP contribution in [0.4, 0.5) is 5.69 Å². The van der Waals surface area contributed by atoms with E-state index in [9.17, 15) is 8.42 Å². The number of hydrogen-bond acceptors (Lipinski definition) is 5. The van der Waals surface area contributed by atoms with Crippen LogP contribution in [0.25, 0.3) is 0 Å². The fourth-order valence-corrected chi connectivity index (χ4v) is 3.58. The minimum atomic E-state index is -3.52. The number of thiophene rings is 1. The van der Waals surface area contributed by atoms with Crippen molar-refractivity contribution in [2.75, 3.05) is 19.4 Å². The molecule has 1 aromatic heterocycles. The monoisotopic (exact) mass is 250 g/mol. The Morgan fingerprint density at radius 3 is 2.67 bits per heavy atom. The van der Waals surface area contributed by atoms with Crippen LogP contribution in [0.2, 0.25) is 0 Å². The highest BCUT2D eigenvalue weighted by molar-refractivity contribution is 7.91. The molecule has 0 aliphatic rings. The SMILES string of the molecule is CC(CO)N(C)S(=O)(=O)c1cc(N)cs1. The first-order valence-corrected chi connectivity index (χ1v) is 6.64. The molecule has 7 heteroatoms. The van der Waals surface area contributed by atoms with E-state index in [1.54, 1.807) is 12.3 Å². The molecule has 0 aromatic carbocycles. The molecule has 0 saturated heterocycles. The highest BCUT2D eigenvalue weighted by atomic mass is 32.2. The van der Waals surface area contributed by atoms with E-state index in [-0.39, 0.29) is 10.8 Å². The fraction of sp³-hybridized carbons (Fsp3) is 0.500. The third kappa shape index (κ3) is 2.49. The molecular formula is C8H14N2O3S2. The van der Waals surface area contributed by atoms with Crippen molar-refractivity contribution in [1.29, 1.82) is 0 Å². The van der Waals surface area contributed by atoms with Crippen molar-refractivity contribution in [1.82, 2.24) is 4.31 Å². The van der Waals surface area contributed by atoms with Crippen LogP contribution < -0.4 is 5.73 Å². The molecular weight excluding hydrogens is 236 g/mol. The van der Waals surface area contributed by atoms with Crippen molar-refractivity contribution in [2.24, 2.45) is 0 Å². The first-order valence-electron chi connectivity index (χ1n) is 4.32. The van der Waals surface area contributed by atoms with E-state index in [0.29, 0.717) is 5.69 Å². The lowest BCUT2D eigenvalue weighted by Gasteiger charge is -2.21. The second-order valence-corrected chi connectivity index (χ2v) is 6.39. The average molecular weight is 250 g/mol. The summed E-state index contributed by atoms with van der Waals surface area (Å²) < 4.78 is 25.2. The van der Waals surface area contributed by atoms with E-state index in [1.807, 2.05) is 0 Å². The number of nitrogens with two attached hydrogens (primary N) is 1. The van der Waals surface area contributed by atoms with E-state index in [2.05, 4.69) is 0 Å². The van der Waals surface area contributed by atoms with Crippen LogP contribution in [-0.2, 0) is 10.0 Å². The molecule has 0 amide bonds. The zero-order valence-corrected chi connectivity index (χ0v) is 10.2. The summed E-state index contributed by atoms with van der Waals surface area (Å²) >= 11 is 1.08. The molecule has 0 radical (unpaired) electrons. The first-order chi connectivity index (χ1) is 6.89. The number of aliphatic hydroxyl groups is 1. The minimum absolute atomic E-state index is 0.197. The third-order valence-electron chi connectivity index (χ3n) is 2.11. The van der Waals surface area contributed by atoms with E-state index in [4.69, 9.17) is 10.8 Å². The van der Waals surface area contributed by atoms with Crippen LogP contribution in [0, 0.1) is 0 Å². The second-order valence-electron chi connectivity index (χ2n) is 3.25. The van der Waals surface area contributed by atoms with Gasteiger partial charge in [0.25, 0.3) is 10.0 Å². The minimum Gasteiger partial charge on any atom is -0.398 e. The first kappa shape index (κ1) is 12.4. The van der Waals surface area contributed by atoms with Crippen LogP contribution in [0.5, 0.6) is 0 Å². The van der Waals surface area contributed by atoms with Gasteiger partial charge in [-0.3, -0.25) is 0 Å². The van der Waals surface area contributed by atoms with Gasteiger partial charge < -0.3 is 10.8 Å². The van der Waals surface area contributed by atoms with Gasteiger partial charge in [0, 0.05) is 24.2 Å². The van der Waals surface area contributed by atoms with Crippen molar-refractivity contribution in [2.45, 2.75) is 17.2 Å². The van der Waals surface area contributed by atoms with Crippen LogP contribution in [0.1, 0.15) is 6.92 Å². The predicted octanol–water partition coefficient (Wildman–Crippen LogP) is 0.332. The Morgan fingerprint density at radius 1 is 1.67 bits per heavy atom. The quantitative estimate of drug-likeness (QED) is 0.806. The molecule has 0 bridgehead atoms. The second kappa shape index (κ2) is 4.48. The predicted molar refractivity (Wildman–Crippen MR) is 60.2 cm³/mol. The van der Waals surface area contributed by atoms with Gasteiger partial charge in [-0.05, 0) is 13.0 Å². The standard InChI is InChI=1S/C8H14N2O3S2/c1-6(4-11)10(2)15(12,13)8-3-7(9)5-14-8/h3,5-6,11H,4,9H2,1-2H3. The van der Waals surface area contributed by atoms with Gasteiger partial charge in [0.2, 0.25) is 0 Å². The van der Waals surface area contributed by atoms with E-state index < -0.39 is 16.1 Å². The Kier molecular flexibility index (Phi) is 3.72. The molecule has 0 saturated carbocycles. The molecule has 1 rings (SSSR count). The Labute approximate surface area is 93.2 Å². The summed E-state index contributed by atoms with van der Waals surface area (Å²) in [7, 11) is -2.08. The lowest BCUT2D eigenvalue weighted by atomic mass is 10.4. The van der Waals surface area contributed by atoms with Gasteiger partial charge in [0.15, 0.2) is 0 Å². The fourth-order valence-electron chi connectivity index (χ4n) is 0.959. The Hall–Kier alpha value is -0.630. The van der Waals surface area contributed by atoms with Crippen molar-refractivity contribution >= 4 is 27.0 Å². The number of likely N-dealkylation sites (N-methyl/N-ethyl adjacent to an activating group) is 1. The molecule has 1 aromatic rings. The van der Waals surface area contributed by atoms with Crippen molar-refractivity contribution < 1.29 is 13.5 Å². The Morgan fingerprint density at radius 2 is 2.27 bits per heavy atom. The maximum atomic E-state index is 11.9. The molecule has 1 heterocycles. The molecule has 5 nitrogen and oxygen atoms in total. The smallest absolute Gasteiger partial charge is 0.252 e. The van der Waals surface area contributed by atoms with Gasteiger partial charge in [-0.1, -0.05) is 0 Å². The zero-order chi connectivity index (χ0) is 11.6. The van der Waals surface area contributed by atoms with Crippen LogP contribution in [0.3, 0.4) is 0 Å². The summed E-state index contributed by atoms with van der Waals surface area (Å²) in [6.45, 7) is 1.42. The van der Waals surface area contributed by atoms with Gasteiger partial charge in [-0.25, -0.2) is 8.42 Å². The Bertz CT molecular complexity index is 427. The molecule has 0 spiro atoms. The highest BCUT2D eigenvalue weighted by Crippen LogP contribution is 2.25. The lowest BCUT2D eigenvalue weighted by molar-refractivity contribution is 0.214. The molecule has 3 N–H and O–H groups in total. The number of aliphatic hydroxyl groups excluding tert-OH is 1. The highest BCUT2D eigenvalue weighted by Gasteiger charge is 2.26. The summed E-state index contributed by atoms with van der Waals surface area (Å²) in [6.07, 6.45) is 0. The van der Waals surface area contributed by atoms with E-state index in [0.717, 1.165) is 15.6 Å². The molecule has 86 valence electrons. The summed E-state index contributed by atoms with van der Waals surface area (Å²) in [5, 5.41) is 10.5. The van der Waals surface area contributed by atoms with Crippen LogP contribution in [-0.4, -0.2) is 37.5 Å². The third-order valence-corrected chi connectivity index (χ3v) is 5.52. The van der Waals surface area contributed by atoms with E-state index in [1.165, 1.54) is 13.1 Å². The zero-order valence-electron chi connectivity index (χ0n) is 8.54. The van der Waals surface area contributed by atoms with Gasteiger partial charge in [0.1, 0.15) is 4.21 Å². The number of nitrogens with zero attached hydrogens (tertiary/aromatic N) is 1. The van der Waals surface area contributed by atoms with Crippen molar-refractivity contribution in [3.63, 3.8) is 0 Å². The number of sulfonamides is 1. The maximum Gasteiger partial charge on any atom is 0.252 e. The molecule has 0 aliphatic carbocycles. The number of anilines is 1. The molecule has 1 atom stereocenters.